The Kier molecular flexibility index (Phi) is 4.54. The third-order valence-corrected chi connectivity index (χ3v) is 5.48. The highest BCUT2D eigenvalue weighted by atomic mass is 15.1. The van der Waals surface area contributed by atoms with Gasteiger partial charge in [0.2, 0.25) is 0 Å². The largest absolute Gasteiger partial charge is 0.374 e. The summed E-state index contributed by atoms with van der Waals surface area (Å²) >= 11 is 0. The normalized spacial score (nSPS) is 27.5. The number of rotatable bonds is 6. The van der Waals surface area contributed by atoms with Crippen molar-refractivity contribution in [1.82, 2.24) is 5.32 Å². The molecule has 0 aliphatic heterocycles. The van der Waals surface area contributed by atoms with Gasteiger partial charge in [-0.1, -0.05) is 32.4 Å². The van der Waals surface area contributed by atoms with Gasteiger partial charge in [-0.05, 0) is 54.7 Å². The van der Waals surface area contributed by atoms with Gasteiger partial charge in [-0.15, -0.1) is 0 Å². The Bertz CT molecular complexity index is 451. The number of nitrogens with zero attached hydrogens (tertiary/aromatic N) is 1. The first kappa shape index (κ1) is 14.9. The molecule has 1 N–H and O–H groups in total. The second-order valence-electron chi connectivity index (χ2n) is 7.52. The quantitative estimate of drug-likeness (QED) is 0.848. The number of anilines is 1. The number of hydrogen-bond acceptors (Lipinski definition) is 2. The Morgan fingerprint density at radius 3 is 2.48 bits per heavy atom. The minimum atomic E-state index is 0.546. The Hall–Kier alpha value is -1.02. The van der Waals surface area contributed by atoms with Crippen molar-refractivity contribution >= 4 is 5.69 Å². The standard InChI is InChI=1S/C19H30N2/c1-14(2)20-12-15-5-8-19(9-6-15)21(3)13-18-11-16-4-7-17(18)10-16/h5-6,8-9,14,16-18,20H,4,7,10-13H2,1-3H3. The number of benzene rings is 1. The third kappa shape index (κ3) is 3.60. The lowest BCUT2D eigenvalue weighted by atomic mass is 9.88. The van der Waals surface area contributed by atoms with Crippen LogP contribution in [0.5, 0.6) is 0 Å². The van der Waals surface area contributed by atoms with Crippen molar-refractivity contribution in [3.05, 3.63) is 29.8 Å². The molecular weight excluding hydrogens is 256 g/mol. The van der Waals surface area contributed by atoms with Gasteiger partial charge in [0.05, 0.1) is 0 Å². The summed E-state index contributed by atoms with van der Waals surface area (Å²) in [6, 6.07) is 9.64. The molecule has 2 bridgehead atoms. The van der Waals surface area contributed by atoms with Gasteiger partial charge in [-0.3, -0.25) is 0 Å². The van der Waals surface area contributed by atoms with E-state index in [1.54, 1.807) is 0 Å². The predicted molar refractivity (Wildman–Crippen MR) is 90.6 cm³/mol. The van der Waals surface area contributed by atoms with E-state index in [2.05, 4.69) is 55.4 Å². The van der Waals surface area contributed by atoms with E-state index >= 15 is 0 Å². The summed E-state index contributed by atoms with van der Waals surface area (Å²) in [7, 11) is 2.26. The van der Waals surface area contributed by atoms with E-state index in [0.717, 1.165) is 24.3 Å². The van der Waals surface area contributed by atoms with Crippen molar-refractivity contribution in [2.75, 3.05) is 18.5 Å². The molecule has 0 aromatic heterocycles. The molecule has 0 amide bonds. The first-order chi connectivity index (χ1) is 10.1. The van der Waals surface area contributed by atoms with E-state index in [9.17, 15) is 0 Å². The fraction of sp³-hybridized carbons (Fsp3) is 0.684. The van der Waals surface area contributed by atoms with Gasteiger partial charge in [0.25, 0.3) is 0 Å². The zero-order valence-corrected chi connectivity index (χ0v) is 13.8. The van der Waals surface area contributed by atoms with Crippen molar-refractivity contribution in [2.45, 2.75) is 52.1 Å². The maximum atomic E-state index is 3.47. The Balaban J connectivity index is 1.53. The van der Waals surface area contributed by atoms with E-state index in [1.807, 2.05) is 0 Å². The van der Waals surface area contributed by atoms with Gasteiger partial charge in [0.1, 0.15) is 0 Å². The van der Waals surface area contributed by atoms with Crippen molar-refractivity contribution < 1.29 is 0 Å². The molecule has 2 saturated carbocycles. The first-order valence-corrected chi connectivity index (χ1v) is 8.65. The van der Waals surface area contributed by atoms with Gasteiger partial charge in [0, 0.05) is 31.9 Å². The number of hydrogen-bond donors (Lipinski definition) is 1. The minimum absolute atomic E-state index is 0.546. The van der Waals surface area contributed by atoms with E-state index in [-0.39, 0.29) is 0 Å². The molecule has 2 aliphatic carbocycles. The van der Waals surface area contributed by atoms with E-state index < -0.39 is 0 Å². The molecule has 21 heavy (non-hydrogen) atoms. The maximum Gasteiger partial charge on any atom is 0.0363 e. The Morgan fingerprint density at radius 2 is 1.90 bits per heavy atom. The lowest BCUT2D eigenvalue weighted by Gasteiger charge is -2.28. The minimum Gasteiger partial charge on any atom is -0.374 e. The van der Waals surface area contributed by atoms with Crippen LogP contribution >= 0.6 is 0 Å². The molecule has 0 radical (unpaired) electrons. The zero-order chi connectivity index (χ0) is 14.8. The monoisotopic (exact) mass is 286 g/mol. The fourth-order valence-electron chi connectivity index (χ4n) is 4.25. The van der Waals surface area contributed by atoms with Gasteiger partial charge >= 0.3 is 0 Å². The molecule has 2 aliphatic rings. The highest BCUT2D eigenvalue weighted by Gasteiger charge is 2.39. The van der Waals surface area contributed by atoms with Gasteiger partial charge in [0.15, 0.2) is 0 Å². The molecule has 1 aromatic carbocycles. The van der Waals surface area contributed by atoms with Crippen LogP contribution in [0.4, 0.5) is 5.69 Å². The van der Waals surface area contributed by atoms with Crippen LogP contribution in [-0.2, 0) is 6.54 Å². The molecule has 116 valence electrons. The lowest BCUT2D eigenvalue weighted by molar-refractivity contribution is 0.337. The van der Waals surface area contributed by atoms with Crippen molar-refractivity contribution in [3.63, 3.8) is 0 Å². The van der Waals surface area contributed by atoms with Crippen LogP contribution in [-0.4, -0.2) is 19.6 Å². The van der Waals surface area contributed by atoms with Crippen LogP contribution < -0.4 is 10.2 Å². The molecular formula is C19H30N2. The summed E-state index contributed by atoms with van der Waals surface area (Å²) in [4.78, 5) is 2.46. The molecule has 2 nitrogen and oxygen atoms in total. The van der Waals surface area contributed by atoms with Crippen LogP contribution in [0.25, 0.3) is 0 Å². The summed E-state index contributed by atoms with van der Waals surface area (Å²) in [5, 5.41) is 3.47. The SMILES string of the molecule is CC(C)NCc1ccc(N(C)CC2CC3CCC2C3)cc1. The zero-order valence-electron chi connectivity index (χ0n) is 13.8. The summed E-state index contributed by atoms with van der Waals surface area (Å²) in [5.74, 6) is 3.01. The van der Waals surface area contributed by atoms with E-state index in [4.69, 9.17) is 0 Å². The van der Waals surface area contributed by atoms with Gasteiger partial charge in [-0.2, -0.15) is 0 Å². The Labute approximate surface area is 129 Å². The molecule has 3 rings (SSSR count). The molecule has 1 aromatic rings. The van der Waals surface area contributed by atoms with E-state index in [0.29, 0.717) is 6.04 Å². The van der Waals surface area contributed by atoms with Crippen LogP contribution in [0.1, 0.15) is 45.1 Å². The summed E-state index contributed by atoms with van der Waals surface area (Å²) in [6.07, 6.45) is 5.98. The summed E-state index contributed by atoms with van der Waals surface area (Å²) in [6.45, 7) is 6.59. The maximum absolute atomic E-state index is 3.47. The molecule has 0 saturated heterocycles. The fourth-order valence-corrected chi connectivity index (χ4v) is 4.25. The highest BCUT2D eigenvalue weighted by molar-refractivity contribution is 5.47. The number of nitrogens with one attached hydrogen (secondary N) is 1. The molecule has 2 heteroatoms. The molecule has 0 spiro atoms. The van der Waals surface area contributed by atoms with Crippen LogP contribution in [0.3, 0.4) is 0 Å². The van der Waals surface area contributed by atoms with Crippen molar-refractivity contribution in [3.8, 4) is 0 Å². The van der Waals surface area contributed by atoms with E-state index in [1.165, 1.54) is 43.5 Å². The van der Waals surface area contributed by atoms with Crippen molar-refractivity contribution in [1.29, 1.82) is 0 Å². The second-order valence-corrected chi connectivity index (χ2v) is 7.52. The predicted octanol–water partition coefficient (Wildman–Crippen LogP) is 4.06. The van der Waals surface area contributed by atoms with Crippen LogP contribution in [0.2, 0.25) is 0 Å². The van der Waals surface area contributed by atoms with Crippen molar-refractivity contribution in [2.24, 2.45) is 17.8 Å². The number of fused-ring (bicyclic) bond motifs is 2. The summed E-state index contributed by atoms with van der Waals surface area (Å²) in [5.41, 5.74) is 2.74. The first-order valence-electron chi connectivity index (χ1n) is 8.65. The Morgan fingerprint density at radius 1 is 1.14 bits per heavy atom. The molecule has 0 heterocycles. The molecule has 3 unspecified atom stereocenters. The van der Waals surface area contributed by atoms with Crippen LogP contribution in [0.15, 0.2) is 24.3 Å². The smallest absolute Gasteiger partial charge is 0.0363 e. The summed E-state index contributed by atoms with van der Waals surface area (Å²) < 4.78 is 0. The molecule has 2 fully saturated rings. The molecule has 3 atom stereocenters. The average molecular weight is 286 g/mol. The van der Waals surface area contributed by atoms with Crippen LogP contribution in [0, 0.1) is 17.8 Å². The average Bonchev–Trinajstić information content (AvgIpc) is 3.08. The third-order valence-electron chi connectivity index (χ3n) is 5.48. The lowest BCUT2D eigenvalue weighted by Crippen LogP contribution is -2.28. The topological polar surface area (TPSA) is 15.3 Å². The van der Waals surface area contributed by atoms with Gasteiger partial charge < -0.3 is 10.2 Å². The highest BCUT2D eigenvalue weighted by Crippen LogP contribution is 2.48. The second kappa shape index (κ2) is 6.39. The van der Waals surface area contributed by atoms with Gasteiger partial charge in [-0.25, -0.2) is 0 Å².